The Labute approximate surface area is 98.0 Å². The SMILES string of the molecule is CCOC(=O)c1csc(CC(=O)N(C)C)n1. The maximum absolute atomic E-state index is 11.4. The van der Waals surface area contributed by atoms with Crippen LogP contribution in [0, 0.1) is 0 Å². The number of esters is 1. The summed E-state index contributed by atoms with van der Waals surface area (Å²) in [4.78, 5) is 28.2. The van der Waals surface area contributed by atoms with Gasteiger partial charge in [0.1, 0.15) is 5.01 Å². The maximum atomic E-state index is 11.4. The van der Waals surface area contributed by atoms with Crippen molar-refractivity contribution in [2.45, 2.75) is 13.3 Å². The second-order valence-corrected chi connectivity index (χ2v) is 4.25. The molecule has 0 spiro atoms. The van der Waals surface area contributed by atoms with E-state index in [1.165, 1.54) is 16.2 Å². The minimum atomic E-state index is -0.442. The molecule has 0 bridgehead atoms. The average molecular weight is 242 g/mol. The number of hydrogen-bond donors (Lipinski definition) is 0. The largest absolute Gasteiger partial charge is 0.461 e. The van der Waals surface area contributed by atoms with Gasteiger partial charge in [-0.1, -0.05) is 0 Å². The van der Waals surface area contributed by atoms with Crippen LogP contribution in [-0.2, 0) is 16.0 Å². The van der Waals surface area contributed by atoms with Gasteiger partial charge < -0.3 is 9.64 Å². The molecule has 1 rings (SSSR count). The highest BCUT2D eigenvalue weighted by Gasteiger charge is 2.14. The van der Waals surface area contributed by atoms with Crippen molar-refractivity contribution >= 4 is 23.2 Å². The third-order valence-corrected chi connectivity index (χ3v) is 2.69. The molecule has 0 aromatic carbocycles. The topological polar surface area (TPSA) is 59.5 Å². The smallest absolute Gasteiger partial charge is 0.357 e. The zero-order chi connectivity index (χ0) is 12.1. The predicted molar refractivity (Wildman–Crippen MR) is 60.5 cm³/mol. The van der Waals surface area contributed by atoms with E-state index in [9.17, 15) is 9.59 Å². The van der Waals surface area contributed by atoms with Gasteiger partial charge in [0.2, 0.25) is 5.91 Å². The van der Waals surface area contributed by atoms with Crippen molar-refractivity contribution in [2.75, 3.05) is 20.7 Å². The van der Waals surface area contributed by atoms with Crippen LogP contribution in [0.2, 0.25) is 0 Å². The van der Waals surface area contributed by atoms with Gasteiger partial charge in [0, 0.05) is 19.5 Å². The fourth-order valence-electron chi connectivity index (χ4n) is 0.978. The van der Waals surface area contributed by atoms with Crippen LogP contribution in [0.5, 0.6) is 0 Å². The number of rotatable bonds is 4. The number of aromatic nitrogens is 1. The van der Waals surface area contributed by atoms with Crippen molar-refractivity contribution in [3.63, 3.8) is 0 Å². The molecule has 5 nitrogen and oxygen atoms in total. The molecule has 0 N–H and O–H groups in total. The number of ether oxygens (including phenoxy) is 1. The molecule has 0 fully saturated rings. The summed E-state index contributed by atoms with van der Waals surface area (Å²) in [5, 5.41) is 2.23. The summed E-state index contributed by atoms with van der Waals surface area (Å²) in [6.45, 7) is 2.06. The van der Waals surface area contributed by atoms with Gasteiger partial charge in [0.25, 0.3) is 0 Å². The Balaban J connectivity index is 2.65. The van der Waals surface area contributed by atoms with E-state index in [1.807, 2.05) is 0 Å². The summed E-state index contributed by atoms with van der Waals surface area (Å²) in [5.41, 5.74) is 0.272. The summed E-state index contributed by atoms with van der Waals surface area (Å²) in [5.74, 6) is -0.480. The molecule has 0 saturated heterocycles. The van der Waals surface area contributed by atoms with Crippen molar-refractivity contribution in [3.05, 3.63) is 16.1 Å². The highest BCUT2D eigenvalue weighted by atomic mass is 32.1. The molecule has 0 atom stereocenters. The second-order valence-electron chi connectivity index (χ2n) is 3.31. The van der Waals surface area contributed by atoms with E-state index in [1.54, 1.807) is 26.4 Å². The molecule has 0 radical (unpaired) electrons. The van der Waals surface area contributed by atoms with Gasteiger partial charge in [-0.05, 0) is 6.92 Å². The van der Waals surface area contributed by atoms with Crippen LogP contribution >= 0.6 is 11.3 Å². The van der Waals surface area contributed by atoms with Crippen LogP contribution in [-0.4, -0.2) is 42.5 Å². The standard InChI is InChI=1S/C10H14N2O3S/c1-4-15-10(14)7-6-16-8(11-7)5-9(13)12(2)3/h6H,4-5H2,1-3H3. The van der Waals surface area contributed by atoms with E-state index in [2.05, 4.69) is 4.98 Å². The Bertz CT molecular complexity index is 387. The second kappa shape index (κ2) is 5.60. The van der Waals surface area contributed by atoms with Crippen LogP contribution < -0.4 is 0 Å². The van der Waals surface area contributed by atoms with E-state index < -0.39 is 5.97 Å². The third-order valence-electron chi connectivity index (χ3n) is 1.84. The summed E-state index contributed by atoms with van der Waals surface area (Å²) < 4.78 is 4.80. The highest BCUT2D eigenvalue weighted by Crippen LogP contribution is 2.12. The Morgan fingerprint density at radius 3 is 2.75 bits per heavy atom. The summed E-state index contributed by atoms with van der Waals surface area (Å²) in [7, 11) is 3.37. The van der Waals surface area contributed by atoms with Crippen LogP contribution in [0.25, 0.3) is 0 Å². The number of likely N-dealkylation sites (N-methyl/N-ethyl adjacent to an activating group) is 1. The number of thiazole rings is 1. The summed E-state index contributed by atoms with van der Waals surface area (Å²) >= 11 is 1.29. The molecule has 0 aliphatic rings. The van der Waals surface area contributed by atoms with E-state index in [4.69, 9.17) is 4.74 Å². The Morgan fingerprint density at radius 2 is 2.19 bits per heavy atom. The number of carbonyl (C=O) groups is 2. The molecule has 1 aromatic rings. The van der Waals surface area contributed by atoms with Crippen molar-refractivity contribution in [2.24, 2.45) is 0 Å². The molecule has 0 aliphatic heterocycles. The fraction of sp³-hybridized carbons (Fsp3) is 0.500. The Morgan fingerprint density at radius 1 is 1.50 bits per heavy atom. The lowest BCUT2D eigenvalue weighted by molar-refractivity contribution is -0.127. The Kier molecular flexibility index (Phi) is 4.42. The van der Waals surface area contributed by atoms with Gasteiger partial charge in [-0.15, -0.1) is 11.3 Å². The molecule has 1 aromatic heterocycles. The number of nitrogens with zero attached hydrogens (tertiary/aromatic N) is 2. The molecule has 0 aliphatic carbocycles. The van der Waals surface area contributed by atoms with Crippen LogP contribution in [0.1, 0.15) is 22.4 Å². The lowest BCUT2D eigenvalue weighted by atomic mass is 10.4. The molecule has 1 amide bonds. The molecule has 6 heteroatoms. The van der Waals surface area contributed by atoms with Gasteiger partial charge in [-0.25, -0.2) is 9.78 Å². The average Bonchev–Trinajstić information content (AvgIpc) is 2.66. The van der Waals surface area contributed by atoms with Crippen LogP contribution in [0.15, 0.2) is 5.38 Å². The first-order valence-corrected chi connectivity index (χ1v) is 5.74. The molecule has 88 valence electrons. The van der Waals surface area contributed by atoms with Crippen molar-refractivity contribution in [3.8, 4) is 0 Å². The zero-order valence-corrected chi connectivity index (χ0v) is 10.3. The lowest BCUT2D eigenvalue weighted by Gasteiger charge is -2.07. The van der Waals surface area contributed by atoms with Crippen molar-refractivity contribution in [1.82, 2.24) is 9.88 Å². The molecule has 0 unspecified atom stereocenters. The summed E-state index contributed by atoms with van der Waals surface area (Å²) in [6, 6.07) is 0. The fourth-order valence-corrected chi connectivity index (χ4v) is 1.73. The van der Waals surface area contributed by atoms with E-state index in [0.29, 0.717) is 11.6 Å². The predicted octanol–water partition coefficient (Wildman–Crippen LogP) is 0.951. The lowest BCUT2D eigenvalue weighted by Crippen LogP contribution is -2.23. The zero-order valence-electron chi connectivity index (χ0n) is 9.52. The first-order valence-electron chi connectivity index (χ1n) is 4.86. The van der Waals surface area contributed by atoms with Crippen molar-refractivity contribution < 1.29 is 14.3 Å². The van der Waals surface area contributed by atoms with Gasteiger partial charge in [-0.3, -0.25) is 4.79 Å². The van der Waals surface area contributed by atoms with Gasteiger partial charge in [0.05, 0.1) is 13.0 Å². The first kappa shape index (κ1) is 12.6. The molecule has 0 saturated carbocycles. The quantitative estimate of drug-likeness (QED) is 0.738. The van der Waals surface area contributed by atoms with E-state index in [-0.39, 0.29) is 18.0 Å². The maximum Gasteiger partial charge on any atom is 0.357 e. The monoisotopic (exact) mass is 242 g/mol. The highest BCUT2D eigenvalue weighted by molar-refractivity contribution is 7.09. The number of amides is 1. The van der Waals surface area contributed by atoms with Gasteiger partial charge in [0.15, 0.2) is 5.69 Å². The Hall–Kier alpha value is -1.43. The minimum absolute atomic E-state index is 0.0373. The number of hydrogen-bond acceptors (Lipinski definition) is 5. The van der Waals surface area contributed by atoms with Crippen molar-refractivity contribution in [1.29, 1.82) is 0 Å². The van der Waals surface area contributed by atoms with E-state index >= 15 is 0 Å². The molecule has 16 heavy (non-hydrogen) atoms. The molecular weight excluding hydrogens is 228 g/mol. The van der Waals surface area contributed by atoms with Gasteiger partial charge in [-0.2, -0.15) is 0 Å². The number of carbonyl (C=O) groups excluding carboxylic acids is 2. The third kappa shape index (κ3) is 3.30. The normalized spacial score (nSPS) is 9.94. The molecule has 1 heterocycles. The first-order chi connectivity index (χ1) is 7.54. The minimum Gasteiger partial charge on any atom is -0.461 e. The summed E-state index contributed by atoms with van der Waals surface area (Å²) in [6.07, 6.45) is 0.219. The molecular formula is C10H14N2O3S. The van der Waals surface area contributed by atoms with Crippen LogP contribution in [0.3, 0.4) is 0 Å². The van der Waals surface area contributed by atoms with Crippen LogP contribution in [0.4, 0.5) is 0 Å². The van der Waals surface area contributed by atoms with E-state index in [0.717, 1.165) is 0 Å². The van der Waals surface area contributed by atoms with Gasteiger partial charge >= 0.3 is 5.97 Å².